The van der Waals surface area contributed by atoms with E-state index in [9.17, 15) is 0 Å². The van der Waals surface area contributed by atoms with Crippen LogP contribution in [0.3, 0.4) is 0 Å². The van der Waals surface area contributed by atoms with Gasteiger partial charge in [-0.1, -0.05) is 6.08 Å². The van der Waals surface area contributed by atoms with Gasteiger partial charge in [-0.3, -0.25) is 0 Å². The molecule has 3 aliphatic rings. The van der Waals surface area contributed by atoms with Crippen LogP contribution in [0.25, 0.3) is 0 Å². The lowest BCUT2D eigenvalue weighted by Gasteiger charge is -2.20. The molecule has 1 fully saturated rings. The summed E-state index contributed by atoms with van der Waals surface area (Å²) in [7, 11) is 0. The first kappa shape index (κ1) is 9.97. The molecule has 0 aromatic heterocycles. The first-order valence-electron chi connectivity index (χ1n) is 6.09. The number of piperidine rings is 1. The third-order valence-corrected chi connectivity index (χ3v) is 3.47. The van der Waals surface area contributed by atoms with E-state index in [0.29, 0.717) is 5.92 Å². The number of nitrogens with one attached hydrogen (secondary N) is 1. The van der Waals surface area contributed by atoms with Crippen molar-refractivity contribution in [2.75, 3.05) is 13.1 Å². The van der Waals surface area contributed by atoms with E-state index in [1.807, 2.05) is 0 Å². The molecule has 0 radical (unpaired) electrons. The fourth-order valence-corrected chi connectivity index (χ4v) is 2.50. The quantitative estimate of drug-likeness (QED) is 0.714. The topological polar surface area (TPSA) is 36.8 Å². The van der Waals surface area contributed by atoms with Crippen molar-refractivity contribution >= 4 is 11.5 Å². The average Bonchev–Trinajstić information content (AvgIpc) is 2.76. The van der Waals surface area contributed by atoms with Crippen LogP contribution >= 0.6 is 0 Å². The number of hydrogen-bond acceptors (Lipinski definition) is 3. The Morgan fingerprint density at radius 2 is 2.31 bits per heavy atom. The molecule has 1 N–H and O–H groups in total. The highest BCUT2D eigenvalue weighted by atomic mass is 15.0. The Bertz CT molecular complexity index is 420. The predicted molar refractivity (Wildman–Crippen MR) is 66.9 cm³/mol. The van der Waals surface area contributed by atoms with E-state index in [1.165, 1.54) is 18.4 Å². The molecule has 3 heteroatoms. The van der Waals surface area contributed by atoms with E-state index in [-0.39, 0.29) is 0 Å². The molecule has 0 aromatic carbocycles. The van der Waals surface area contributed by atoms with Gasteiger partial charge in [0.05, 0.1) is 11.4 Å². The van der Waals surface area contributed by atoms with Gasteiger partial charge >= 0.3 is 0 Å². The van der Waals surface area contributed by atoms with Gasteiger partial charge < -0.3 is 5.32 Å². The molecule has 16 heavy (non-hydrogen) atoms. The molecule has 0 amide bonds. The minimum Gasteiger partial charge on any atom is -0.316 e. The Kier molecular flexibility index (Phi) is 2.48. The Labute approximate surface area is 96.1 Å². The Morgan fingerprint density at radius 1 is 1.38 bits per heavy atom. The van der Waals surface area contributed by atoms with Gasteiger partial charge in [-0.2, -0.15) is 0 Å². The maximum absolute atomic E-state index is 4.72. The Balaban J connectivity index is 1.88. The zero-order chi connectivity index (χ0) is 11.0. The molecule has 0 spiro atoms. The molecule has 0 saturated carbocycles. The highest BCUT2D eigenvalue weighted by molar-refractivity contribution is 6.19. The number of amidine groups is 1. The molecule has 84 valence electrons. The van der Waals surface area contributed by atoms with Crippen LogP contribution in [0.5, 0.6) is 0 Å². The standard InChI is InChI=1S/C13H17N3/c1-9-4-2-6-11-12(9)16-13(15-11)10-5-3-7-14-8-10/h2,6,10,14H,3-5,7-8H2,1H3/t10-/m0/s1. The maximum atomic E-state index is 4.72. The van der Waals surface area contributed by atoms with E-state index in [4.69, 9.17) is 4.99 Å². The molecule has 1 aliphatic carbocycles. The van der Waals surface area contributed by atoms with Crippen molar-refractivity contribution in [1.29, 1.82) is 0 Å². The zero-order valence-corrected chi connectivity index (χ0v) is 9.66. The summed E-state index contributed by atoms with van der Waals surface area (Å²) in [5.74, 6) is 1.56. The number of fused-ring (bicyclic) bond motifs is 1. The molecular weight excluding hydrogens is 198 g/mol. The molecule has 0 bridgehead atoms. The van der Waals surface area contributed by atoms with Gasteiger partial charge in [0.15, 0.2) is 0 Å². The minimum atomic E-state index is 0.514. The van der Waals surface area contributed by atoms with Gasteiger partial charge in [0, 0.05) is 12.5 Å². The lowest BCUT2D eigenvalue weighted by molar-refractivity contribution is 0.456. The van der Waals surface area contributed by atoms with Gasteiger partial charge in [0.25, 0.3) is 0 Å². The monoisotopic (exact) mass is 215 g/mol. The van der Waals surface area contributed by atoms with Crippen LogP contribution in [0.2, 0.25) is 0 Å². The minimum absolute atomic E-state index is 0.514. The second kappa shape index (κ2) is 3.98. The van der Waals surface area contributed by atoms with Crippen molar-refractivity contribution in [2.45, 2.75) is 26.2 Å². The predicted octanol–water partition coefficient (Wildman–Crippen LogP) is 2.07. The number of hydrogen-bond donors (Lipinski definition) is 1. The summed E-state index contributed by atoms with van der Waals surface area (Å²) in [6.45, 7) is 4.33. The van der Waals surface area contributed by atoms with Gasteiger partial charge in [-0.05, 0) is 44.4 Å². The lowest BCUT2D eigenvalue weighted by Crippen LogP contribution is -2.33. The number of allylic oxidation sites excluding steroid dienone is 3. The van der Waals surface area contributed by atoms with Crippen LogP contribution in [-0.4, -0.2) is 24.6 Å². The van der Waals surface area contributed by atoms with Crippen LogP contribution in [0.1, 0.15) is 26.2 Å². The van der Waals surface area contributed by atoms with Gasteiger partial charge in [-0.15, -0.1) is 0 Å². The van der Waals surface area contributed by atoms with E-state index in [0.717, 1.165) is 36.8 Å². The van der Waals surface area contributed by atoms with Crippen molar-refractivity contribution in [2.24, 2.45) is 15.9 Å². The summed E-state index contributed by atoms with van der Waals surface area (Å²) in [6.07, 6.45) is 7.76. The fraction of sp³-hybridized carbons (Fsp3) is 0.538. The van der Waals surface area contributed by atoms with Crippen molar-refractivity contribution in [1.82, 2.24) is 5.32 Å². The van der Waals surface area contributed by atoms with Crippen LogP contribution in [0.15, 0.2) is 33.4 Å². The molecule has 2 heterocycles. The van der Waals surface area contributed by atoms with Crippen LogP contribution in [0, 0.1) is 5.92 Å². The highest BCUT2D eigenvalue weighted by Gasteiger charge is 2.25. The molecule has 0 aromatic rings. The number of aliphatic imine (C=N–C) groups is 2. The summed E-state index contributed by atoms with van der Waals surface area (Å²) < 4.78 is 0. The summed E-state index contributed by atoms with van der Waals surface area (Å²) in [6, 6.07) is 0. The van der Waals surface area contributed by atoms with E-state index in [2.05, 4.69) is 29.4 Å². The average molecular weight is 215 g/mol. The van der Waals surface area contributed by atoms with Crippen LogP contribution in [0.4, 0.5) is 0 Å². The third kappa shape index (κ3) is 1.65. The van der Waals surface area contributed by atoms with Crippen molar-refractivity contribution in [3.05, 3.63) is 23.4 Å². The second-order valence-corrected chi connectivity index (χ2v) is 4.75. The molecule has 3 rings (SSSR count). The number of rotatable bonds is 1. The first-order valence-corrected chi connectivity index (χ1v) is 6.09. The molecule has 2 aliphatic heterocycles. The van der Waals surface area contributed by atoms with E-state index < -0.39 is 0 Å². The van der Waals surface area contributed by atoms with E-state index in [1.54, 1.807) is 0 Å². The first-order chi connectivity index (χ1) is 7.84. The van der Waals surface area contributed by atoms with E-state index >= 15 is 0 Å². The summed E-state index contributed by atoms with van der Waals surface area (Å²) >= 11 is 0. The largest absolute Gasteiger partial charge is 0.316 e. The molecule has 3 nitrogen and oxygen atoms in total. The number of nitrogens with zero attached hydrogens (tertiary/aromatic N) is 2. The van der Waals surface area contributed by atoms with Gasteiger partial charge in [0.1, 0.15) is 5.84 Å². The SMILES string of the molecule is CC1=C2N=C([C@H]3CCCNC3)N=C2C=CC1. The van der Waals surface area contributed by atoms with Crippen LogP contribution < -0.4 is 5.32 Å². The highest BCUT2D eigenvalue weighted by Crippen LogP contribution is 2.26. The zero-order valence-electron chi connectivity index (χ0n) is 9.66. The second-order valence-electron chi connectivity index (χ2n) is 4.75. The molecule has 1 atom stereocenters. The Hall–Kier alpha value is -1.22. The van der Waals surface area contributed by atoms with Gasteiger partial charge in [-0.25, -0.2) is 9.98 Å². The smallest absolute Gasteiger partial charge is 0.134 e. The normalized spacial score (nSPS) is 28.9. The summed E-state index contributed by atoms with van der Waals surface area (Å²) in [4.78, 5) is 9.38. The van der Waals surface area contributed by atoms with Gasteiger partial charge in [0.2, 0.25) is 0 Å². The lowest BCUT2D eigenvalue weighted by atomic mass is 9.99. The summed E-state index contributed by atoms with van der Waals surface area (Å²) in [5, 5.41) is 3.42. The molecule has 0 unspecified atom stereocenters. The third-order valence-electron chi connectivity index (χ3n) is 3.47. The van der Waals surface area contributed by atoms with Crippen molar-refractivity contribution in [3.8, 4) is 0 Å². The molecule has 1 saturated heterocycles. The van der Waals surface area contributed by atoms with Crippen LogP contribution in [-0.2, 0) is 0 Å². The summed E-state index contributed by atoms with van der Waals surface area (Å²) in [5.41, 5.74) is 3.55. The van der Waals surface area contributed by atoms with Crippen molar-refractivity contribution in [3.63, 3.8) is 0 Å². The Morgan fingerprint density at radius 3 is 3.06 bits per heavy atom. The van der Waals surface area contributed by atoms with Crippen molar-refractivity contribution < 1.29 is 0 Å². The maximum Gasteiger partial charge on any atom is 0.134 e. The fourth-order valence-electron chi connectivity index (χ4n) is 2.50. The molecular formula is C13H17N3.